The minimum Gasteiger partial charge on any atom is -0.549 e. The van der Waals surface area contributed by atoms with Gasteiger partial charge in [0.1, 0.15) is 0 Å². The highest BCUT2D eigenvalue weighted by Crippen LogP contribution is 2.69. The smallest absolute Gasteiger partial charge is 0.271 e. The zero-order valence-corrected chi connectivity index (χ0v) is 13.6. The third-order valence-corrected chi connectivity index (χ3v) is 6.58. The fourth-order valence-corrected chi connectivity index (χ4v) is 4.65. The second-order valence-electron chi connectivity index (χ2n) is 7.50. The molecule has 7 nitrogen and oxygen atoms in total. The summed E-state index contributed by atoms with van der Waals surface area (Å²) in [5, 5.41) is 23.1. The Bertz CT molecular complexity index is 939. The first-order valence-electron chi connectivity index (χ1n) is 7.84. The Labute approximate surface area is 137 Å². The molecule has 2 unspecified atom stereocenters. The Morgan fingerprint density at radius 1 is 1.12 bits per heavy atom. The fraction of sp³-hybridized carbons (Fsp3) is 0.471. The van der Waals surface area contributed by atoms with Gasteiger partial charge in [0.05, 0.1) is 38.7 Å². The number of hydrogen-bond donors (Lipinski definition) is 0. The number of benzene rings is 1. The van der Waals surface area contributed by atoms with Gasteiger partial charge in [0.15, 0.2) is 0 Å². The van der Waals surface area contributed by atoms with Gasteiger partial charge >= 0.3 is 0 Å². The van der Waals surface area contributed by atoms with Crippen molar-refractivity contribution in [1.29, 1.82) is 0 Å². The van der Waals surface area contributed by atoms with Gasteiger partial charge in [-0.1, -0.05) is 20.8 Å². The number of carbonyl (C=O) groups excluding carboxylic acids is 1. The van der Waals surface area contributed by atoms with Gasteiger partial charge in [0, 0.05) is 17.5 Å². The van der Waals surface area contributed by atoms with Crippen LogP contribution in [0.4, 0.5) is 5.69 Å². The Morgan fingerprint density at radius 3 is 2.42 bits per heavy atom. The molecule has 2 aliphatic rings. The van der Waals surface area contributed by atoms with Gasteiger partial charge in [-0.05, 0) is 24.3 Å². The van der Waals surface area contributed by atoms with Crippen LogP contribution in [-0.4, -0.2) is 20.9 Å². The molecule has 7 heteroatoms. The maximum Gasteiger partial charge on any atom is 0.271 e. The Hall–Kier alpha value is -2.57. The van der Waals surface area contributed by atoms with E-state index in [0.717, 1.165) is 0 Å². The summed E-state index contributed by atoms with van der Waals surface area (Å²) in [6.07, 6.45) is 1.15. The topological polar surface area (TPSA) is 109 Å². The normalized spacial score (nSPS) is 29.6. The van der Waals surface area contributed by atoms with Gasteiger partial charge in [-0.25, -0.2) is 9.97 Å². The van der Waals surface area contributed by atoms with Gasteiger partial charge in [-0.3, -0.25) is 10.1 Å². The maximum absolute atomic E-state index is 12.1. The average Bonchev–Trinajstić information content (AvgIpc) is 2.81. The van der Waals surface area contributed by atoms with Crippen molar-refractivity contribution in [3.63, 3.8) is 0 Å². The van der Waals surface area contributed by atoms with Crippen molar-refractivity contribution >= 4 is 22.7 Å². The summed E-state index contributed by atoms with van der Waals surface area (Å²) in [6.45, 7) is 5.87. The fourth-order valence-electron chi connectivity index (χ4n) is 4.65. The second-order valence-corrected chi connectivity index (χ2v) is 7.50. The van der Waals surface area contributed by atoms with E-state index in [1.807, 2.05) is 20.8 Å². The van der Waals surface area contributed by atoms with Crippen LogP contribution in [0.5, 0.6) is 0 Å². The number of carbonyl (C=O) groups is 1. The Kier molecular flexibility index (Phi) is 2.55. The molecule has 1 aromatic heterocycles. The largest absolute Gasteiger partial charge is 0.549 e. The minimum atomic E-state index is -1.21. The Balaban J connectivity index is 2.08. The first-order valence-corrected chi connectivity index (χ1v) is 7.84. The highest BCUT2D eigenvalue weighted by atomic mass is 16.6. The summed E-state index contributed by atoms with van der Waals surface area (Å²) < 4.78 is 0. The van der Waals surface area contributed by atoms with Crippen molar-refractivity contribution in [3.05, 3.63) is 39.7 Å². The number of fused-ring (bicyclic) bond motifs is 6. The van der Waals surface area contributed by atoms with Gasteiger partial charge in [0.25, 0.3) is 5.69 Å². The lowest BCUT2D eigenvalue weighted by Crippen LogP contribution is -2.52. The number of nitro groups is 1. The SMILES string of the molecule is CC12CCC(C(=O)[O-])(c3nc4cc([N+](=O)[O-])ccc4nc31)C2(C)C. The van der Waals surface area contributed by atoms with Crippen LogP contribution in [0, 0.1) is 15.5 Å². The first-order chi connectivity index (χ1) is 11.1. The Morgan fingerprint density at radius 2 is 1.79 bits per heavy atom. The number of nitrogens with zero attached hydrogens (tertiary/aromatic N) is 3. The zero-order valence-electron chi connectivity index (χ0n) is 13.6. The quantitative estimate of drug-likeness (QED) is 0.612. The predicted molar refractivity (Wildman–Crippen MR) is 83.2 cm³/mol. The lowest BCUT2D eigenvalue weighted by molar-refractivity contribution is -0.384. The van der Waals surface area contributed by atoms with E-state index in [2.05, 4.69) is 9.97 Å². The van der Waals surface area contributed by atoms with E-state index in [1.54, 1.807) is 6.07 Å². The summed E-state index contributed by atoms with van der Waals surface area (Å²) in [5.41, 5.74) is -0.321. The minimum absolute atomic E-state index is 0.0899. The first kappa shape index (κ1) is 15.0. The predicted octanol–water partition coefficient (Wildman–Crippen LogP) is 1.62. The van der Waals surface area contributed by atoms with Crippen LogP contribution >= 0.6 is 0 Å². The van der Waals surface area contributed by atoms with Crippen LogP contribution in [0.2, 0.25) is 0 Å². The van der Waals surface area contributed by atoms with Crippen molar-refractivity contribution in [3.8, 4) is 0 Å². The number of rotatable bonds is 2. The average molecular weight is 326 g/mol. The monoisotopic (exact) mass is 326 g/mol. The molecule has 1 fully saturated rings. The lowest BCUT2D eigenvalue weighted by Gasteiger charge is -2.41. The molecule has 0 aliphatic heterocycles. The van der Waals surface area contributed by atoms with Crippen molar-refractivity contribution < 1.29 is 14.8 Å². The van der Waals surface area contributed by atoms with E-state index in [0.29, 0.717) is 35.3 Å². The highest BCUT2D eigenvalue weighted by Gasteiger charge is 2.70. The molecule has 0 N–H and O–H groups in total. The third kappa shape index (κ3) is 1.37. The van der Waals surface area contributed by atoms with E-state index >= 15 is 0 Å². The van der Waals surface area contributed by atoms with Crippen LogP contribution < -0.4 is 5.11 Å². The van der Waals surface area contributed by atoms with Crippen LogP contribution in [0.3, 0.4) is 0 Å². The van der Waals surface area contributed by atoms with E-state index < -0.39 is 27.1 Å². The number of hydrogen-bond acceptors (Lipinski definition) is 6. The molecule has 24 heavy (non-hydrogen) atoms. The molecular formula is C17H16N3O4-. The number of aliphatic carboxylic acids is 1. The molecular weight excluding hydrogens is 310 g/mol. The number of aromatic nitrogens is 2. The zero-order chi connectivity index (χ0) is 17.5. The summed E-state index contributed by atoms with van der Waals surface area (Å²) in [4.78, 5) is 31.8. The molecule has 2 bridgehead atoms. The molecule has 2 aromatic rings. The second kappa shape index (κ2) is 4.09. The van der Waals surface area contributed by atoms with E-state index in [4.69, 9.17) is 0 Å². The number of non-ortho nitro benzene ring substituents is 1. The molecule has 1 saturated carbocycles. The van der Waals surface area contributed by atoms with E-state index in [-0.39, 0.29) is 5.69 Å². The molecule has 0 spiro atoms. The van der Waals surface area contributed by atoms with Gasteiger partial charge in [-0.15, -0.1) is 0 Å². The van der Waals surface area contributed by atoms with Crippen LogP contribution in [0.15, 0.2) is 18.2 Å². The number of carboxylic acid groups (broad SMARTS) is 1. The third-order valence-electron chi connectivity index (χ3n) is 6.58. The summed E-state index contributed by atoms with van der Waals surface area (Å²) in [6, 6.07) is 4.29. The van der Waals surface area contributed by atoms with Crippen molar-refractivity contribution in [2.24, 2.45) is 5.41 Å². The van der Waals surface area contributed by atoms with Gasteiger partial charge < -0.3 is 9.90 Å². The number of carboxylic acids is 1. The molecule has 0 saturated heterocycles. The molecule has 4 rings (SSSR count). The summed E-state index contributed by atoms with van der Waals surface area (Å²) in [5.74, 6) is -1.14. The van der Waals surface area contributed by atoms with E-state index in [9.17, 15) is 20.0 Å². The van der Waals surface area contributed by atoms with Crippen LogP contribution in [0.1, 0.15) is 45.0 Å². The van der Waals surface area contributed by atoms with Gasteiger partial charge in [-0.2, -0.15) is 0 Å². The summed E-state index contributed by atoms with van der Waals surface area (Å²) in [7, 11) is 0. The molecule has 2 aliphatic carbocycles. The van der Waals surface area contributed by atoms with Crippen molar-refractivity contribution in [1.82, 2.24) is 9.97 Å². The molecule has 0 radical (unpaired) electrons. The highest BCUT2D eigenvalue weighted by molar-refractivity contribution is 5.87. The summed E-state index contributed by atoms with van der Waals surface area (Å²) >= 11 is 0. The maximum atomic E-state index is 12.1. The van der Waals surface area contributed by atoms with Crippen LogP contribution in [0.25, 0.3) is 11.0 Å². The number of nitro benzene ring substituents is 1. The lowest BCUT2D eigenvalue weighted by atomic mass is 9.64. The molecule has 2 atom stereocenters. The van der Waals surface area contributed by atoms with Crippen LogP contribution in [-0.2, 0) is 15.6 Å². The van der Waals surface area contributed by atoms with Crippen molar-refractivity contribution in [2.75, 3.05) is 0 Å². The van der Waals surface area contributed by atoms with Crippen molar-refractivity contribution in [2.45, 2.75) is 44.4 Å². The standard InChI is InChI=1S/C17H17N3O4/c1-15(2)16(3)6-7-17(15,14(21)22)13-12(16)18-10-5-4-9(20(23)24)8-11(10)19-13/h4-5,8H,6-7H2,1-3H3,(H,21,22)/p-1. The van der Waals surface area contributed by atoms with Gasteiger partial charge in [0.2, 0.25) is 0 Å². The molecule has 1 heterocycles. The van der Waals surface area contributed by atoms with E-state index in [1.165, 1.54) is 12.1 Å². The molecule has 124 valence electrons. The molecule has 1 aromatic carbocycles. The molecule has 0 amide bonds.